The molecule has 26 heavy (non-hydrogen) atoms. The van der Waals surface area contributed by atoms with Crippen molar-refractivity contribution in [2.75, 3.05) is 12.4 Å². The summed E-state index contributed by atoms with van der Waals surface area (Å²) in [5, 5.41) is 26.9. The summed E-state index contributed by atoms with van der Waals surface area (Å²) in [6, 6.07) is 1.52. The van der Waals surface area contributed by atoms with Crippen molar-refractivity contribution >= 4 is 27.3 Å². The van der Waals surface area contributed by atoms with Crippen molar-refractivity contribution in [3.63, 3.8) is 0 Å². The molecule has 148 valence electrons. The number of nitrogens with one attached hydrogen (secondary N) is 1. The number of rotatable bonds is 3. The summed E-state index contributed by atoms with van der Waals surface area (Å²) in [5.41, 5.74) is -2.34. The van der Waals surface area contributed by atoms with E-state index in [9.17, 15) is 23.6 Å². The molecule has 0 atom stereocenters. The lowest BCUT2D eigenvalue weighted by atomic mass is 9.85. The van der Waals surface area contributed by atoms with Crippen molar-refractivity contribution in [1.29, 1.82) is 0 Å². The number of quaternary nitrogens is 1. The first-order valence-electron chi connectivity index (χ1n) is 8.17. The average molecular weight is 440 g/mol. The molecule has 0 aromatic heterocycles. The minimum absolute atomic E-state index is 0.105. The van der Waals surface area contributed by atoms with E-state index in [2.05, 4.69) is 21.2 Å². The van der Waals surface area contributed by atoms with Crippen molar-refractivity contribution in [1.82, 2.24) is 4.81 Å². The van der Waals surface area contributed by atoms with Gasteiger partial charge in [0.05, 0.1) is 29.5 Å². The van der Waals surface area contributed by atoms with Gasteiger partial charge in [0, 0.05) is 16.6 Å². The molecule has 1 N–H and O–H groups in total. The average Bonchev–Trinajstić information content (AvgIpc) is 2.33. The Kier molecular flexibility index (Phi) is 5.46. The minimum atomic E-state index is -4.61. The molecule has 0 saturated carbocycles. The van der Waals surface area contributed by atoms with E-state index in [4.69, 9.17) is 4.74 Å². The fourth-order valence-electron chi connectivity index (χ4n) is 3.64. The van der Waals surface area contributed by atoms with Gasteiger partial charge in [0.25, 0.3) is 0 Å². The lowest BCUT2D eigenvalue weighted by Gasteiger charge is -2.47. The molecular weight excluding hydrogens is 417 g/mol. The van der Waals surface area contributed by atoms with Crippen LogP contribution >= 0.6 is 15.9 Å². The summed E-state index contributed by atoms with van der Waals surface area (Å²) in [4.78, 5) is -2.09. The maximum Gasteiger partial charge on any atom is 0.417 e. The van der Waals surface area contributed by atoms with Crippen LogP contribution < -0.4 is 10.1 Å². The van der Waals surface area contributed by atoms with E-state index in [0.29, 0.717) is 12.8 Å². The Labute approximate surface area is 159 Å². The van der Waals surface area contributed by atoms with Gasteiger partial charge in [0.15, 0.2) is 5.69 Å². The Morgan fingerprint density at radius 2 is 1.65 bits per heavy atom. The summed E-state index contributed by atoms with van der Waals surface area (Å²) in [5.74, 6) is 0. The van der Waals surface area contributed by atoms with Gasteiger partial charge in [0.2, 0.25) is 0 Å². The van der Waals surface area contributed by atoms with Crippen LogP contribution in [0, 0.1) is 10.4 Å². The first-order valence-corrected chi connectivity index (χ1v) is 8.96. The zero-order chi connectivity index (χ0) is 20.1. The molecule has 9 heteroatoms. The molecule has 0 radical (unpaired) electrons. The second kappa shape index (κ2) is 6.63. The second-order valence-electron chi connectivity index (χ2n) is 8.06. The normalized spacial score (nSPS) is 20.9. The fourth-order valence-corrected chi connectivity index (χ4v) is 4.20. The van der Waals surface area contributed by atoms with Crippen LogP contribution in [-0.2, 0) is 10.9 Å². The topological polar surface area (TPSA) is 67.4 Å². The molecule has 1 saturated heterocycles. The van der Waals surface area contributed by atoms with Crippen LogP contribution in [0.1, 0.15) is 46.1 Å². The Morgan fingerprint density at radius 1 is 1.15 bits per heavy atom. The molecule has 0 amide bonds. The highest BCUT2D eigenvalue weighted by Gasteiger charge is 2.40. The SMILES string of the molecule is CC1(C)CC(Nc2cc(C(F)(F)F)c(Br)cc2[N+](C)([O-])[O-])CC(C)(C)O1. The smallest absolute Gasteiger partial charge is 0.417 e. The van der Waals surface area contributed by atoms with E-state index < -0.39 is 27.8 Å². The Morgan fingerprint density at radius 3 is 2.08 bits per heavy atom. The Bertz CT molecular complexity index is 669. The third kappa shape index (κ3) is 5.10. The molecule has 1 fully saturated rings. The number of ether oxygens (including phenoxy) is 1. The third-order valence-electron chi connectivity index (χ3n) is 4.22. The van der Waals surface area contributed by atoms with E-state index in [1.807, 2.05) is 27.7 Å². The van der Waals surface area contributed by atoms with Crippen LogP contribution in [-0.4, -0.2) is 24.3 Å². The minimum Gasteiger partial charge on any atom is -0.626 e. The molecule has 1 heterocycles. The molecule has 5 nitrogen and oxygen atoms in total. The van der Waals surface area contributed by atoms with E-state index >= 15 is 0 Å². The van der Waals surface area contributed by atoms with Gasteiger partial charge < -0.3 is 25.3 Å². The summed E-state index contributed by atoms with van der Waals surface area (Å²) in [6.45, 7) is 7.59. The Hall–Kier alpha value is -0.870. The Balaban J connectivity index is 2.47. The van der Waals surface area contributed by atoms with Crippen molar-refractivity contribution in [3.05, 3.63) is 32.6 Å². The monoisotopic (exact) mass is 439 g/mol. The number of benzene rings is 1. The molecule has 1 aromatic carbocycles. The van der Waals surface area contributed by atoms with Gasteiger partial charge >= 0.3 is 6.18 Å². The van der Waals surface area contributed by atoms with E-state index in [1.54, 1.807) is 0 Å². The zero-order valence-corrected chi connectivity index (χ0v) is 16.9. The van der Waals surface area contributed by atoms with Gasteiger partial charge in [-0.25, -0.2) is 0 Å². The number of hydroxylamine groups is 2. The maximum absolute atomic E-state index is 13.2. The van der Waals surface area contributed by atoms with Gasteiger partial charge in [-0.1, -0.05) is 0 Å². The van der Waals surface area contributed by atoms with Crippen LogP contribution in [0.3, 0.4) is 0 Å². The number of anilines is 1. The first kappa shape index (κ1) is 21.4. The van der Waals surface area contributed by atoms with Crippen LogP contribution in [0.25, 0.3) is 0 Å². The number of hydrogen-bond donors (Lipinski definition) is 1. The van der Waals surface area contributed by atoms with Crippen molar-refractivity contribution < 1.29 is 17.9 Å². The molecule has 2 rings (SSSR count). The first-order chi connectivity index (χ1) is 11.5. The third-order valence-corrected chi connectivity index (χ3v) is 4.87. The molecule has 0 spiro atoms. The predicted octanol–water partition coefficient (Wildman–Crippen LogP) is 5.55. The number of nitrogens with zero attached hydrogens (tertiary/aromatic N) is 1. The van der Waals surface area contributed by atoms with E-state index in [-0.39, 0.29) is 21.9 Å². The lowest BCUT2D eigenvalue weighted by molar-refractivity contribution is -0.158. The number of halogens is 4. The highest BCUT2D eigenvalue weighted by atomic mass is 79.9. The number of hydrogen-bond acceptors (Lipinski definition) is 4. The molecule has 1 aliphatic heterocycles. The largest absolute Gasteiger partial charge is 0.626 e. The molecule has 0 aliphatic carbocycles. The van der Waals surface area contributed by atoms with Gasteiger partial charge in [-0.3, -0.25) is 0 Å². The van der Waals surface area contributed by atoms with Gasteiger partial charge in [-0.2, -0.15) is 13.2 Å². The van der Waals surface area contributed by atoms with Crippen LogP contribution in [0.4, 0.5) is 24.5 Å². The van der Waals surface area contributed by atoms with Crippen molar-refractivity contribution in [2.45, 2.75) is 64.0 Å². The van der Waals surface area contributed by atoms with E-state index in [1.165, 1.54) is 0 Å². The molecular formula is C17H23BrF3N2O3-. The zero-order valence-electron chi connectivity index (χ0n) is 15.3. The van der Waals surface area contributed by atoms with Gasteiger partial charge in [0.1, 0.15) is 0 Å². The number of alkyl halides is 3. The quantitative estimate of drug-likeness (QED) is 0.495. The fraction of sp³-hybridized carbons (Fsp3) is 0.647. The van der Waals surface area contributed by atoms with Crippen LogP contribution in [0.5, 0.6) is 0 Å². The second-order valence-corrected chi connectivity index (χ2v) is 8.92. The molecule has 0 unspecified atom stereocenters. The summed E-state index contributed by atoms with van der Waals surface area (Å²) in [6.07, 6.45) is -3.57. The standard InChI is InChI=1S/C17H23BrF3N2O3/c1-15(2)8-10(9-16(3,4)26-15)22-13-6-11(17(19,20)21)12(18)7-14(13)23(5,24)25/h6-7,10,22H,8-9H2,1-5H3/q-1. The summed E-state index contributed by atoms with van der Waals surface area (Å²) < 4.78 is 45.4. The maximum atomic E-state index is 13.2. The molecule has 0 bridgehead atoms. The van der Waals surface area contributed by atoms with E-state index in [0.717, 1.165) is 19.2 Å². The predicted molar refractivity (Wildman–Crippen MR) is 99.5 cm³/mol. The van der Waals surface area contributed by atoms with Crippen molar-refractivity contribution in [2.24, 2.45) is 0 Å². The highest BCUT2D eigenvalue weighted by Crippen LogP contribution is 2.43. The summed E-state index contributed by atoms with van der Waals surface area (Å²) >= 11 is 2.82. The van der Waals surface area contributed by atoms with Crippen molar-refractivity contribution in [3.8, 4) is 0 Å². The van der Waals surface area contributed by atoms with Crippen LogP contribution in [0.15, 0.2) is 16.6 Å². The van der Waals surface area contributed by atoms with Gasteiger partial charge in [-0.15, -0.1) is 0 Å². The highest BCUT2D eigenvalue weighted by molar-refractivity contribution is 9.10. The van der Waals surface area contributed by atoms with Gasteiger partial charge in [-0.05, 0) is 62.5 Å². The lowest BCUT2D eigenvalue weighted by Crippen LogP contribution is -2.49. The van der Waals surface area contributed by atoms with Crippen LogP contribution in [0.2, 0.25) is 0 Å². The molecule has 1 aliphatic rings. The molecule has 1 aromatic rings. The summed E-state index contributed by atoms with van der Waals surface area (Å²) in [7, 11) is 0.831.